The van der Waals surface area contributed by atoms with E-state index in [-0.39, 0.29) is 11.9 Å². The zero-order chi connectivity index (χ0) is 17.5. The summed E-state index contributed by atoms with van der Waals surface area (Å²) in [5.74, 6) is 0.786. The van der Waals surface area contributed by atoms with Crippen LogP contribution in [0.2, 0.25) is 0 Å². The van der Waals surface area contributed by atoms with Crippen molar-refractivity contribution in [2.45, 2.75) is 52.6 Å². The summed E-state index contributed by atoms with van der Waals surface area (Å²) in [4.78, 5) is 17.2. The van der Waals surface area contributed by atoms with E-state index in [9.17, 15) is 4.79 Å². The molecular formula is C20H33N3O. The van der Waals surface area contributed by atoms with Crippen LogP contribution in [-0.4, -0.2) is 47.9 Å². The van der Waals surface area contributed by atoms with Crippen molar-refractivity contribution >= 4 is 5.91 Å². The first kappa shape index (κ1) is 18.9. The van der Waals surface area contributed by atoms with Gasteiger partial charge in [0.1, 0.15) is 0 Å². The van der Waals surface area contributed by atoms with Crippen molar-refractivity contribution in [2.24, 2.45) is 11.7 Å². The number of benzene rings is 1. The first-order valence-electron chi connectivity index (χ1n) is 9.41. The minimum atomic E-state index is 0.129. The molecule has 1 aliphatic heterocycles. The van der Waals surface area contributed by atoms with Crippen LogP contribution >= 0.6 is 0 Å². The number of rotatable bonds is 7. The smallest absolute Gasteiger partial charge is 0.254 e. The molecule has 24 heavy (non-hydrogen) atoms. The van der Waals surface area contributed by atoms with E-state index in [1.165, 1.54) is 5.56 Å². The Labute approximate surface area is 147 Å². The van der Waals surface area contributed by atoms with E-state index < -0.39 is 0 Å². The maximum absolute atomic E-state index is 12.8. The van der Waals surface area contributed by atoms with Gasteiger partial charge in [0.25, 0.3) is 5.91 Å². The van der Waals surface area contributed by atoms with Crippen LogP contribution in [0.25, 0.3) is 0 Å². The third-order valence-electron chi connectivity index (χ3n) is 5.11. The van der Waals surface area contributed by atoms with Crippen LogP contribution in [-0.2, 0) is 6.54 Å². The molecule has 2 unspecified atom stereocenters. The molecule has 2 N–H and O–H groups in total. The van der Waals surface area contributed by atoms with Crippen LogP contribution in [0, 0.1) is 5.92 Å². The molecule has 4 nitrogen and oxygen atoms in total. The number of carbonyl (C=O) groups excluding carboxylic acids is 1. The molecular weight excluding hydrogens is 298 g/mol. The van der Waals surface area contributed by atoms with Gasteiger partial charge in [-0.25, -0.2) is 0 Å². The second-order valence-corrected chi connectivity index (χ2v) is 7.08. The first-order valence-corrected chi connectivity index (χ1v) is 9.41. The number of piperidine rings is 1. The Kier molecular flexibility index (Phi) is 7.25. The molecule has 0 saturated carbocycles. The Morgan fingerprint density at radius 3 is 2.58 bits per heavy atom. The predicted molar refractivity (Wildman–Crippen MR) is 100.0 cm³/mol. The van der Waals surface area contributed by atoms with Gasteiger partial charge in [0.15, 0.2) is 0 Å². The molecule has 1 aliphatic rings. The summed E-state index contributed by atoms with van der Waals surface area (Å²) < 4.78 is 0. The molecule has 2 rings (SSSR count). The quantitative estimate of drug-likeness (QED) is 0.835. The molecule has 4 heteroatoms. The SMILES string of the molecule is CCCN(CC)Cc1ccc(C(=O)N2CCC(C)CC2CN)cc1. The molecule has 1 aromatic rings. The van der Waals surface area contributed by atoms with Gasteiger partial charge < -0.3 is 10.6 Å². The third kappa shape index (κ3) is 4.81. The molecule has 1 fully saturated rings. The lowest BCUT2D eigenvalue weighted by Gasteiger charge is -2.38. The van der Waals surface area contributed by atoms with E-state index in [0.717, 1.165) is 51.0 Å². The molecule has 0 aromatic heterocycles. The fourth-order valence-corrected chi connectivity index (χ4v) is 3.58. The molecule has 0 spiro atoms. The highest BCUT2D eigenvalue weighted by atomic mass is 16.2. The highest BCUT2D eigenvalue weighted by Gasteiger charge is 2.29. The lowest BCUT2D eigenvalue weighted by molar-refractivity contribution is 0.0573. The second kappa shape index (κ2) is 9.19. The molecule has 0 aliphatic carbocycles. The molecule has 0 radical (unpaired) electrons. The van der Waals surface area contributed by atoms with Crippen LogP contribution in [0.5, 0.6) is 0 Å². The van der Waals surface area contributed by atoms with Crippen LogP contribution in [0.15, 0.2) is 24.3 Å². The topological polar surface area (TPSA) is 49.6 Å². The molecule has 1 amide bonds. The summed E-state index contributed by atoms with van der Waals surface area (Å²) in [5.41, 5.74) is 7.95. The first-order chi connectivity index (χ1) is 11.6. The van der Waals surface area contributed by atoms with E-state index in [4.69, 9.17) is 5.73 Å². The van der Waals surface area contributed by atoms with E-state index >= 15 is 0 Å². The van der Waals surface area contributed by atoms with Crippen molar-refractivity contribution in [2.75, 3.05) is 26.2 Å². The summed E-state index contributed by atoms with van der Waals surface area (Å²) >= 11 is 0. The van der Waals surface area contributed by atoms with Crippen molar-refractivity contribution in [1.29, 1.82) is 0 Å². The van der Waals surface area contributed by atoms with Gasteiger partial charge in [0, 0.05) is 31.2 Å². The van der Waals surface area contributed by atoms with Crippen LogP contribution < -0.4 is 5.73 Å². The number of carbonyl (C=O) groups is 1. The van der Waals surface area contributed by atoms with Crippen LogP contribution in [0.1, 0.15) is 56.0 Å². The van der Waals surface area contributed by atoms with Gasteiger partial charge in [0.05, 0.1) is 0 Å². The Balaban J connectivity index is 2.02. The number of hydrogen-bond acceptors (Lipinski definition) is 3. The zero-order valence-corrected chi connectivity index (χ0v) is 15.5. The number of amides is 1. The zero-order valence-electron chi connectivity index (χ0n) is 15.5. The molecule has 134 valence electrons. The van der Waals surface area contributed by atoms with Crippen LogP contribution in [0.4, 0.5) is 0 Å². The maximum atomic E-state index is 12.8. The Hall–Kier alpha value is -1.39. The predicted octanol–water partition coefficient (Wildman–Crippen LogP) is 3.12. The van der Waals surface area contributed by atoms with Gasteiger partial charge in [-0.3, -0.25) is 9.69 Å². The number of nitrogens with two attached hydrogens (primary N) is 1. The minimum absolute atomic E-state index is 0.129. The van der Waals surface area contributed by atoms with Crippen molar-refractivity contribution in [3.8, 4) is 0 Å². The highest BCUT2D eigenvalue weighted by Crippen LogP contribution is 2.23. The average molecular weight is 332 g/mol. The normalized spacial score (nSPS) is 21.3. The molecule has 1 heterocycles. The van der Waals surface area contributed by atoms with Gasteiger partial charge >= 0.3 is 0 Å². The molecule has 1 saturated heterocycles. The Morgan fingerprint density at radius 1 is 1.29 bits per heavy atom. The van der Waals surface area contributed by atoms with Crippen molar-refractivity contribution in [3.63, 3.8) is 0 Å². The monoisotopic (exact) mass is 331 g/mol. The fraction of sp³-hybridized carbons (Fsp3) is 0.650. The second-order valence-electron chi connectivity index (χ2n) is 7.08. The molecule has 1 aromatic carbocycles. The lowest BCUT2D eigenvalue weighted by Crippen LogP contribution is -2.49. The van der Waals surface area contributed by atoms with Crippen molar-refractivity contribution in [1.82, 2.24) is 9.80 Å². The van der Waals surface area contributed by atoms with E-state index in [2.05, 4.69) is 37.8 Å². The summed E-state index contributed by atoms with van der Waals surface area (Å²) in [5, 5.41) is 0. The highest BCUT2D eigenvalue weighted by molar-refractivity contribution is 5.94. The fourth-order valence-electron chi connectivity index (χ4n) is 3.58. The molecule has 0 bridgehead atoms. The van der Waals surface area contributed by atoms with Gasteiger partial charge in [-0.05, 0) is 56.0 Å². The standard InChI is InChI=1S/C20H33N3O/c1-4-11-22(5-2)15-17-6-8-18(9-7-17)20(24)23-12-10-16(3)13-19(23)14-21/h6-9,16,19H,4-5,10-15,21H2,1-3H3. The third-order valence-corrected chi connectivity index (χ3v) is 5.11. The van der Waals surface area contributed by atoms with E-state index in [0.29, 0.717) is 12.5 Å². The number of likely N-dealkylation sites (tertiary alicyclic amines) is 1. The minimum Gasteiger partial charge on any atom is -0.334 e. The largest absolute Gasteiger partial charge is 0.334 e. The van der Waals surface area contributed by atoms with Crippen LogP contribution in [0.3, 0.4) is 0 Å². The Bertz CT molecular complexity index is 514. The van der Waals surface area contributed by atoms with Gasteiger partial charge in [0.2, 0.25) is 0 Å². The lowest BCUT2D eigenvalue weighted by atomic mass is 9.92. The van der Waals surface area contributed by atoms with E-state index in [1.54, 1.807) is 0 Å². The number of nitrogens with zero attached hydrogens (tertiary/aromatic N) is 2. The summed E-state index contributed by atoms with van der Waals surface area (Å²) in [6.07, 6.45) is 3.25. The van der Waals surface area contributed by atoms with Crippen molar-refractivity contribution in [3.05, 3.63) is 35.4 Å². The van der Waals surface area contributed by atoms with Gasteiger partial charge in [-0.15, -0.1) is 0 Å². The summed E-state index contributed by atoms with van der Waals surface area (Å²) in [7, 11) is 0. The Morgan fingerprint density at radius 2 is 2.00 bits per heavy atom. The average Bonchev–Trinajstić information content (AvgIpc) is 2.61. The van der Waals surface area contributed by atoms with E-state index in [1.807, 2.05) is 17.0 Å². The van der Waals surface area contributed by atoms with Gasteiger partial charge in [-0.1, -0.05) is 32.9 Å². The maximum Gasteiger partial charge on any atom is 0.254 e. The number of hydrogen-bond donors (Lipinski definition) is 1. The molecule has 2 atom stereocenters. The van der Waals surface area contributed by atoms with Gasteiger partial charge in [-0.2, -0.15) is 0 Å². The summed E-state index contributed by atoms with van der Waals surface area (Å²) in [6.45, 7) is 11.1. The summed E-state index contributed by atoms with van der Waals surface area (Å²) in [6, 6.07) is 8.32. The van der Waals surface area contributed by atoms with Crippen molar-refractivity contribution < 1.29 is 4.79 Å².